The summed E-state index contributed by atoms with van der Waals surface area (Å²) in [6, 6.07) is 8.76. The van der Waals surface area contributed by atoms with E-state index in [1.54, 1.807) is 18.2 Å². The van der Waals surface area contributed by atoms with Crippen LogP contribution in [0.1, 0.15) is 44.5 Å². The molecular formula is C26H34ClN3O5. The van der Waals surface area contributed by atoms with Gasteiger partial charge in [-0.25, -0.2) is 0 Å². The van der Waals surface area contributed by atoms with Crippen molar-refractivity contribution in [3.63, 3.8) is 0 Å². The Morgan fingerprint density at radius 3 is 2.00 bits per heavy atom. The fourth-order valence-corrected chi connectivity index (χ4v) is 4.28. The molecule has 0 saturated carbocycles. The summed E-state index contributed by atoms with van der Waals surface area (Å²) in [6.07, 6.45) is 0.516. The molecule has 0 aliphatic carbocycles. The van der Waals surface area contributed by atoms with E-state index in [0.29, 0.717) is 85.9 Å². The molecule has 2 aromatic rings. The Hall–Kier alpha value is -3.13. The second-order valence-corrected chi connectivity index (χ2v) is 8.35. The lowest BCUT2D eigenvalue weighted by Crippen LogP contribution is -2.48. The predicted octanol–water partition coefficient (Wildman–Crippen LogP) is 4.85. The Bertz CT molecular complexity index is 1010. The van der Waals surface area contributed by atoms with E-state index >= 15 is 0 Å². The normalized spacial score (nSPS) is 13.4. The number of rotatable bonds is 10. The molecule has 0 atom stereocenters. The van der Waals surface area contributed by atoms with Gasteiger partial charge < -0.3 is 29.3 Å². The second-order valence-electron chi connectivity index (χ2n) is 7.94. The Kier molecular flexibility index (Phi) is 9.48. The van der Waals surface area contributed by atoms with Gasteiger partial charge in [0.25, 0.3) is 5.91 Å². The highest BCUT2D eigenvalue weighted by Gasteiger charge is 2.22. The highest BCUT2D eigenvalue weighted by atomic mass is 35.5. The lowest BCUT2D eigenvalue weighted by molar-refractivity contribution is -0.131. The van der Waals surface area contributed by atoms with Gasteiger partial charge in [0.2, 0.25) is 11.7 Å². The minimum absolute atomic E-state index is 0.170. The Labute approximate surface area is 212 Å². The molecule has 1 N–H and O–H groups in total. The van der Waals surface area contributed by atoms with Crippen molar-refractivity contribution in [2.24, 2.45) is 0 Å². The minimum Gasteiger partial charge on any atom is -0.490 e. The summed E-state index contributed by atoms with van der Waals surface area (Å²) in [7, 11) is 0. The third kappa shape index (κ3) is 6.51. The molecular weight excluding hydrogens is 470 g/mol. The summed E-state index contributed by atoms with van der Waals surface area (Å²) in [5.41, 5.74) is 1.84. The van der Waals surface area contributed by atoms with Gasteiger partial charge in [-0.05, 0) is 51.1 Å². The molecule has 0 spiro atoms. The SMILES string of the molecule is CCOc1cc(C(=O)Nc2ccc(N3CCN(C(=O)CC)CC3)c(Cl)c2)cc(OCC)c1OCC. The molecule has 1 heterocycles. The van der Waals surface area contributed by atoms with E-state index in [1.165, 1.54) is 0 Å². The molecule has 2 aromatic carbocycles. The summed E-state index contributed by atoms with van der Waals surface area (Å²) in [5.74, 6) is 1.26. The molecule has 1 saturated heterocycles. The first-order valence-electron chi connectivity index (χ1n) is 12.1. The van der Waals surface area contributed by atoms with Gasteiger partial charge in [-0.2, -0.15) is 0 Å². The van der Waals surface area contributed by atoms with E-state index in [4.69, 9.17) is 25.8 Å². The van der Waals surface area contributed by atoms with Gasteiger partial charge in [0.05, 0.1) is 30.5 Å². The van der Waals surface area contributed by atoms with Crippen LogP contribution >= 0.6 is 11.6 Å². The number of nitrogens with zero attached hydrogens (tertiary/aromatic N) is 2. The number of amides is 2. The van der Waals surface area contributed by atoms with E-state index in [9.17, 15) is 9.59 Å². The van der Waals surface area contributed by atoms with Crippen LogP contribution in [0.5, 0.6) is 17.2 Å². The molecule has 1 aliphatic heterocycles. The van der Waals surface area contributed by atoms with Crippen LogP contribution in [0.3, 0.4) is 0 Å². The van der Waals surface area contributed by atoms with E-state index in [1.807, 2.05) is 44.7 Å². The predicted molar refractivity (Wildman–Crippen MR) is 138 cm³/mol. The number of benzene rings is 2. The van der Waals surface area contributed by atoms with Crippen LogP contribution in [0.4, 0.5) is 11.4 Å². The number of anilines is 2. The van der Waals surface area contributed by atoms with Crippen LogP contribution in [-0.2, 0) is 4.79 Å². The Morgan fingerprint density at radius 2 is 1.49 bits per heavy atom. The average Bonchev–Trinajstić information content (AvgIpc) is 2.86. The van der Waals surface area contributed by atoms with Gasteiger partial charge in [0.1, 0.15) is 0 Å². The van der Waals surface area contributed by atoms with Gasteiger partial charge in [0.15, 0.2) is 11.5 Å². The third-order valence-corrected chi connectivity index (χ3v) is 5.96. The second kappa shape index (κ2) is 12.5. The number of halogens is 1. The summed E-state index contributed by atoms with van der Waals surface area (Å²) in [4.78, 5) is 29.0. The highest BCUT2D eigenvalue weighted by molar-refractivity contribution is 6.33. The fourth-order valence-electron chi connectivity index (χ4n) is 3.98. The number of carbonyl (C=O) groups excluding carboxylic acids is 2. The van der Waals surface area contributed by atoms with Crippen LogP contribution in [0, 0.1) is 0 Å². The van der Waals surface area contributed by atoms with Crippen molar-refractivity contribution in [3.8, 4) is 17.2 Å². The molecule has 1 aliphatic rings. The quantitative estimate of drug-likeness (QED) is 0.499. The lowest BCUT2D eigenvalue weighted by Gasteiger charge is -2.36. The van der Waals surface area contributed by atoms with Crippen molar-refractivity contribution in [1.82, 2.24) is 4.90 Å². The third-order valence-electron chi connectivity index (χ3n) is 5.65. The maximum absolute atomic E-state index is 13.1. The van der Waals surface area contributed by atoms with E-state index < -0.39 is 0 Å². The summed E-state index contributed by atoms with van der Waals surface area (Å²) >= 11 is 6.58. The molecule has 190 valence electrons. The molecule has 0 radical (unpaired) electrons. The monoisotopic (exact) mass is 503 g/mol. The molecule has 35 heavy (non-hydrogen) atoms. The maximum Gasteiger partial charge on any atom is 0.255 e. The van der Waals surface area contributed by atoms with E-state index in [-0.39, 0.29) is 11.8 Å². The number of hydrogen-bond donors (Lipinski definition) is 1. The zero-order valence-electron chi connectivity index (χ0n) is 20.9. The van der Waals surface area contributed by atoms with Crippen LogP contribution < -0.4 is 24.4 Å². The van der Waals surface area contributed by atoms with Gasteiger partial charge in [-0.3, -0.25) is 9.59 Å². The summed E-state index contributed by atoms with van der Waals surface area (Å²) in [5, 5.41) is 3.44. The van der Waals surface area contributed by atoms with E-state index in [0.717, 1.165) is 5.69 Å². The number of ether oxygens (including phenoxy) is 3. The van der Waals surface area contributed by atoms with Crippen molar-refractivity contribution in [2.75, 3.05) is 56.2 Å². The molecule has 1 fully saturated rings. The van der Waals surface area contributed by atoms with Crippen LogP contribution in [-0.4, -0.2) is 62.7 Å². The van der Waals surface area contributed by atoms with Crippen molar-refractivity contribution in [1.29, 1.82) is 0 Å². The van der Waals surface area contributed by atoms with Gasteiger partial charge in [0, 0.05) is 43.9 Å². The van der Waals surface area contributed by atoms with Gasteiger partial charge >= 0.3 is 0 Å². The minimum atomic E-state index is -0.314. The molecule has 0 bridgehead atoms. The Balaban J connectivity index is 1.75. The van der Waals surface area contributed by atoms with Gasteiger partial charge in [-0.15, -0.1) is 0 Å². The molecule has 0 unspecified atom stereocenters. The first-order chi connectivity index (χ1) is 16.9. The van der Waals surface area contributed by atoms with Crippen molar-refractivity contribution in [2.45, 2.75) is 34.1 Å². The molecule has 9 heteroatoms. The lowest BCUT2D eigenvalue weighted by atomic mass is 10.1. The smallest absolute Gasteiger partial charge is 0.255 e. The first-order valence-corrected chi connectivity index (χ1v) is 12.5. The number of hydrogen-bond acceptors (Lipinski definition) is 6. The largest absolute Gasteiger partial charge is 0.490 e. The summed E-state index contributed by atoms with van der Waals surface area (Å²) < 4.78 is 17.1. The Morgan fingerprint density at radius 1 is 0.886 bits per heavy atom. The molecule has 2 amide bonds. The molecule has 3 rings (SSSR count). The standard InChI is InChI=1S/C26H34ClN3O5/c1-5-24(31)30-13-11-29(12-14-30)21-10-9-19(17-20(21)27)28-26(32)18-15-22(33-6-2)25(35-8-4)23(16-18)34-7-3/h9-10,15-17H,5-8,11-14H2,1-4H3,(H,28,32). The first kappa shape index (κ1) is 26.5. The topological polar surface area (TPSA) is 80.3 Å². The van der Waals surface area contributed by atoms with E-state index in [2.05, 4.69) is 10.2 Å². The molecule has 0 aromatic heterocycles. The van der Waals surface area contributed by atoms with Crippen LogP contribution in [0.15, 0.2) is 30.3 Å². The van der Waals surface area contributed by atoms with Crippen molar-refractivity contribution < 1.29 is 23.8 Å². The zero-order chi connectivity index (χ0) is 25.4. The van der Waals surface area contributed by atoms with Crippen LogP contribution in [0.2, 0.25) is 5.02 Å². The van der Waals surface area contributed by atoms with Crippen molar-refractivity contribution in [3.05, 3.63) is 40.9 Å². The number of piperazine rings is 1. The van der Waals surface area contributed by atoms with Crippen LogP contribution in [0.25, 0.3) is 0 Å². The number of nitrogens with one attached hydrogen (secondary N) is 1. The molecule has 8 nitrogen and oxygen atoms in total. The number of carbonyl (C=O) groups is 2. The maximum atomic E-state index is 13.1. The average molecular weight is 504 g/mol. The fraction of sp³-hybridized carbons (Fsp3) is 0.462. The van der Waals surface area contributed by atoms with Gasteiger partial charge in [-0.1, -0.05) is 18.5 Å². The zero-order valence-corrected chi connectivity index (χ0v) is 21.6. The summed E-state index contributed by atoms with van der Waals surface area (Å²) in [6.45, 7) is 11.6. The van der Waals surface area contributed by atoms with Crippen molar-refractivity contribution >= 4 is 34.8 Å². The highest BCUT2D eigenvalue weighted by Crippen LogP contribution is 2.39.